The Hall–Kier alpha value is -2.48. The average Bonchev–Trinajstić information content (AvgIpc) is 3.07. The number of methoxy groups -OCH3 is 2. The van der Waals surface area contributed by atoms with Gasteiger partial charge in [0, 0.05) is 23.7 Å². The van der Waals surface area contributed by atoms with E-state index < -0.39 is 0 Å². The van der Waals surface area contributed by atoms with Crippen LogP contribution in [0.4, 0.5) is 5.95 Å². The summed E-state index contributed by atoms with van der Waals surface area (Å²) in [5, 5.41) is 8.66. The minimum atomic E-state index is -0.362. The maximum absolute atomic E-state index is 13.2. The summed E-state index contributed by atoms with van der Waals surface area (Å²) in [5.41, 5.74) is 1.57. The fourth-order valence-electron chi connectivity index (χ4n) is 4.07. The van der Waals surface area contributed by atoms with E-state index in [0.29, 0.717) is 29.0 Å². The molecule has 2 aliphatic rings. The smallest absolute Gasteiger partial charge is 0.227 e. The molecule has 1 aliphatic carbocycles. The Kier molecular flexibility index (Phi) is 4.61. The molecule has 2 aromatic rings. The lowest BCUT2D eigenvalue weighted by Gasteiger charge is -2.40. The number of aromatic nitrogens is 3. The lowest BCUT2D eigenvalue weighted by molar-refractivity contribution is -0.125. The van der Waals surface area contributed by atoms with Crippen molar-refractivity contribution in [2.75, 3.05) is 25.8 Å². The molecule has 0 amide bonds. The van der Waals surface area contributed by atoms with Crippen LogP contribution in [0.15, 0.2) is 35.1 Å². The van der Waals surface area contributed by atoms with Crippen molar-refractivity contribution in [3.63, 3.8) is 0 Å². The minimum absolute atomic E-state index is 0.185. The largest absolute Gasteiger partial charge is 0.497 e. The van der Waals surface area contributed by atoms with Gasteiger partial charge in [-0.3, -0.25) is 4.79 Å². The lowest BCUT2D eigenvalue weighted by Crippen LogP contribution is -2.42. The number of allylic oxidation sites excluding steroid dienone is 2. The predicted octanol–water partition coefficient (Wildman–Crippen LogP) is 3.53. The number of nitrogens with one attached hydrogen (secondary N) is 1. The Morgan fingerprint density at radius 3 is 2.75 bits per heavy atom. The zero-order chi connectivity index (χ0) is 20.1. The third kappa shape index (κ3) is 3.05. The highest BCUT2D eigenvalue weighted by atomic mass is 32.2. The first-order chi connectivity index (χ1) is 13.4. The number of anilines is 1. The number of rotatable bonds is 4. The molecule has 0 unspecified atom stereocenters. The van der Waals surface area contributed by atoms with Crippen LogP contribution in [-0.4, -0.2) is 41.0 Å². The van der Waals surface area contributed by atoms with Crippen molar-refractivity contribution < 1.29 is 14.3 Å². The second kappa shape index (κ2) is 6.84. The first-order valence-corrected chi connectivity index (χ1v) is 10.3. The molecule has 1 aliphatic heterocycles. The van der Waals surface area contributed by atoms with E-state index in [9.17, 15) is 4.79 Å². The highest BCUT2D eigenvalue weighted by Gasteiger charge is 2.45. The Bertz CT molecular complexity index is 966. The van der Waals surface area contributed by atoms with E-state index in [4.69, 9.17) is 9.47 Å². The number of hydrogen-bond acceptors (Lipinski definition) is 7. The molecule has 4 rings (SSSR count). The van der Waals surface area contributed by atoms with E-state index in [0.717, 1.165) is 11.3 Å². The maximum Gasteiger partial charge on any atom is 0.227 e. The summed E-state index contributed by atoms with van der Waals surface area (Å²) in [7, 11) is 3.24. The monoisotopic (exact) mass is 400 g/mol. The van der Waals surface area contributed by atoms with Gasteiger partial charge in [0.05, 0.1) is 26.2 Å². The summed E-state index contributed by atoms with van der Waals surface area (Å²) in [6.45, 7) is 4.15. The SMILES string of the molecule is COc1ccc([C@@H]2[C@@H]3C(=O)CC(C)(C)C=C3Nc3nc(SC)nn32)c(OC)c1. The molecule has 28 heavy (non-hydrogen) atoms. The molecule has 0 saturated carbocycles. The van der Waals surface area contributed by atoms with Crippen molar-refractivity contribution in [2.24, 2.45) is 11.3 Å². The number of ether oxygens (including phenoxy) is 2. The fraction of sp³-hybridized carbons (Fsp3) is 0.450. The van der Waals surface area contributed by atoms with Crippen LogP contribution in [0.5, 0.6) is 11.5 Å². The van der Waals surface area contributed by atoms with Crippen LogP contribution in [0.25, 0.3) is 0 Å². The molecule has 1 N–H and O–H groups in total. The van der Waals surface area contributed by atoms with Gasteiger partial charge in [0.1, 0.15) is 17.3 Å². The van der Waals surface area contributed by atoms with Gasteiger partial charge in [-0.15, -0.1) is 5.10 Å². The average molecular weight is 401 g/mol. The molecule has 0 saturated heterocycles. The molecular weight excluding hydrogens is 376 g/mol. The normalized spacial score (nSPS) is 22.6. The molecule has 1 aromatic carbocycles. The van der Waals surface area contributed by atoms with E-state index >= 15 is 0 Å². The first-order valence-electron chi connectivity index (χ1n) is 9.12. The quantitative estimate of drug-likeness (QED) is 0.787. The molecule has 2 heterocycles. The van der Waals surface area contributed by atoms with Crippen LogP contribution in [0.1, 0.15) is 31.9 Å². The van der Waals surface area contributed by atoms with Crippen LogP contribution in [0.2, 0.25) is 0 Å². The van der Waals surface area contributed by atoms with Crippen molar-refractivity contribution in [1.29, 1.82) is 0 Å². The molecule has 0 fully saturated rings. The van der Waals surface area contributed by atoms with Gasteiger partial charge in [-0.25, -0.2) is 4.68 Å². The van der Waals surface area contributed by atoms with Crippen LogP contribution < -0.4 is 14.8 Å². The molecule has 1 aromatic heterocycles. The number of carbonyl (C=O) groups excluding carboxylic acids is 1. The molecule has 0 bridgehead atoms. The van der Waals surface area contributed by atoms with Gasteiger partial charge in [0.15, 0.2) is 0 Å². The second-order valence-corrected chi connectivity index (χ2v) is 8.53. The third-order valence-electron chi connectivity index (χ3n) is 5.25. The molecule has 0 radical (unpaired) electrons. The summed E-state index contributed by atoms with van der Waals surface area (Å²) in [5.74, 6) is 1.82. The van der Waals surface area contributed by atoms with Crippen molar-refractivity contribution >= 4 is 23.5 Å². The van der Waals surface area contributed by atoms with Crippen LogP contribution in [0, 0.1) is 11.3 Å². The van der Waals surface area contributed by atoms with Crippen molar-refractivity contribution in [3.8, 4) is 11.5 Å². The number of Topliss-reactive ketones (excluding diaryl/α,β-unsaturated/α-hetero) is 1. The number of nitrogens with zero attached hydrogens (tertiary/aromatic N) is 3. The standard InChI is InChI=1S/C20H24N4O3S/c1-20(2)9-13-16(14(25)10-20)17(24-18(21-13)22-19(23-24)28-5)12-7-6-11(26-3)8-15(12)27-4/h6-9,16-17H,10H2,1-5H3,(H,21,22,23)/t16-,17+/m0/s1. The summed E-state index contributed by atoms with van der Waals surface area (Å²) in [4.78, 5) is 17.8. The summed E-state index contributed by atoms with van der Waals surface area (Å²) in [6.07, 6.45) is 4.57. The molecule has 148 valence electrons. The number of thioether (sulfide) groups is 1. The van der Waals surface area contributed by atoms with Gasteiger partial charge in [-0.2, -0.15) is 4.98 Å². The van der Waals surface area contributed by atoms with Crippen molar-refractivity contribution in [3.05, 3.63) is 35.5 Å². The Morgan fingerprint density at radius 2 is 2.07 bits per heavy atom. The predicted molar refractivity (Wildman–Crippen MR) is 108 cm³/mol. The topological polar surface area (TPSA) is 78.3 Å². The zero-order valence-corrected chi connectivity index (χ0v) is 17.5. The van der Waals surface area contributed by atoms with E-state index in [-0.39, 0.29) is 23.2 Å². The highest BCUT2D eigenvalue weighted by Crippen LogP contribution is 2.47. The molecule has 0 spiro atoms. The van der Waals surface area contributed by atoms with Crippen molar-refractivity contribution in [1.82, 2.24) is 14.8 Å². The van der Waals surface area contributed by atoms with Gasteiger partial charge in [0.2, 0.25) is 11.1 Å². The van der Waals surface area contributed by atoms with Crippen LogP contribution in [0.3, 0.4) is 0 Å². The molecule has 2 atom stereocenters. The van der Waals surface area contributed by atoms with Gasteiger partial charge >= 0.3 is 0 Å². The zero-order valence-electron chi connectivity index (χ0n) is 16.6. The number of carbonyl (C=O) groups is 1. The van der Waals surface area contributed by atoms with E-state index in [2.05, 4.69) is 35.3 Å². The second-order valence-electron chi connectivity index (χ2n) is 7.75. The van der Waals surface area contributed by atoms with Crippen molar-refractivity contribution in [2.45, 2.75) is 31.5 Å². The Balaban J connectivity index is 1.93. The van der Waals surface area contributed by atoms with E-state index in [1.165, 1.54) is 11.8 Å². The van der Waals surface area contributed by atoms with Gasteiger partial charge in [0.25, 0.3) is 0 Å². The number of hydrogen-bond donors (Lipinski definition) is 1. The van der Waals surface area contributed by atoms with Crippen LogP contribution >= 0.6 is 11.8 Å². The number of benzene rings is 1. The van der Waals surface area contributed by atoms with Gasteiger partial charge in [-0.1, -0.05) is 31.7 Å². The van der Waals surface area contributed by atoms with Gasteiger partial charge < -0.3 is 14.8 Å². The molecular formula is C20H24N4O3S. The van der Waals surface area contributed by atoms with E-state index in [1.807, 2.05) is 29.1 Å². The van der Waals surface area contributed by atoms with E-state index in [1.54, 1.807) is 14.2 Å². The summed E-state index contributed by atoms with van der Waals surface area (Å²) >= 11 is 1.47. The Labute approximate surface area is 168 Å². The lowest BCUT2D eigenvalue weighted by atomic mass is 9.72. The Morgan fingerprint density at radius 1 is 1.29 bits per heavy atom. The summed E-state index contributed by atoms with van der Waals surface area (Å²) < 4.78 is 12.8. The number of ketones is 1. The van der Waals surface area contributed by atoms with Gasteiger partial charge in [-0.05, 0) is 23.8 Å². The number of fused-ring (bicyclic) bond motifs is 2. The third-order valence-corrected chi connectivity index (χ3v) is 5.79. The van der Waals surface area contributed by atoms with Crippen LogP contribution in [-0.2, 0) is 4.79 Å². The highest BCUT2D eigenvalue weighted by molar-refractivity contribution is 7.98. The molecule has 7 nitrogen and oxygen atoms in total. The molecule has 8 heteroatoms. The summed E-state index contributed by atoms with van der Waals surface area (Å²) in [6, 6.07) is 5.33. The fourth-order valence-corrected chi connectivity index (χ4v) is 4.42. The minimum Gasteiger partial charge on any atom is -0.497 e. The first kappa shape index (κ1) is 18.9. The maximum atomic E-state index is 13.2.